The Morgan fingerprint density at radius 2 is 1.72 bits per heavy atom. The van der Waals surface area contributed by atoms with Crippen molar-refractivity contribution in [3.8, 4) is 11.5 Å². The number of anilines is 3. The molecule has 2 N–H and O–H groups in total. The molecule has 1 fully saturated rings. The third kappa shape index (κ3) is 6.54. The van der Waals surface area contributed by atoms with Crippen LogP contribution < -0.4 is 20.1 Å². The largest absolute Gasteiger partial charge is 0.489 e. The van der Waals surface area contributed by atoms with Crippen molar-refractivity contribution < 1.29 is 36.2 Å². The number of pyridine rings is 1. The quantitative estimate of drug-likeness (QED) is 0.212. The molecule has 6 nitrogen and oxygen atoms in total. The lowest BCUT2D eigenvalue weighted by molar-refractivity contribution is -0.140. The maximum Gasteiger partial charge on any atom is 0.433 e. The predicted molar refractivity (Wildman–Crippen MR) is 136 cm³/mol. The van der Waals surface area contributed by atoms with Crippen molar-refractivity contribution in [2.75, 3.05) is 17.2 Å². The number of carbonyl (C=O) groups is 1. The van der Waals surface area contributed by atoms with Crippen LogP contribution in [0.15, 0.2) is 72.8 Å². The van der Waals surface area contributed by atoms with Crippen molar-refractivity contribution >= 4 is 33.9 Å². The zero-order valence-corrected chi connectivity index (χ0v) is 20.3. The van der Waals surface area contributed by atoms with Gasteiger partial charge in [-0.25, -0.2) is 4.98 Å². The summed E-state index contributed by atoms with van der Waals surface area (Å²) >= 11 is 0. The Morgan fingerprint density at radius 1 is 0.949 bits per heavy atom. The van der Waals surface area contributed by atoms with Crippen LogP contribution >= 0.6 is 0 Å². The van der Waals surface area contributed by atoms with Gasteiger partial charge >= 0.3 is 12.8 Å². The Bertz CT molecular complexity index is 1510. The first-order valence-corrected chi connectivity index (χ1v) is 12.0. The summed E-state index contributed by atoms with van der Waals surface area (Å²) in [6.07, 6.45) is -2.65. The van der Waals surface area contributed by atoms with Gasteiger partial charge in [0.2, 0.25) is 0 Å². The van der Waals surface area contributed by atoms with Crippen LogP contribution in [0.1, 0.15) is 28.9 Å². The fourth-order valence-electron chi connectivity index (χ4n) is 3.91. The maximum absolute atomic E-state index is 13.4. The number of nitrogens with zero attached hydrogens (tertiary/aromatic N) is 1. The second kappa shape index (κ2) is 10.8. The van der Waals surface area contributed by atoms with Crippen LogP contribution in [0.25, 0.3) is 10.9 Å². The van der Waals surface area contributed by atoms with Crippen molar-refractivity contribution in [1.29, 1.82) is 0 Å². The molecular formula is C28H22F5N3O3. The van der Waals surface area contributed by atoms with Gasteiger partial charge in [0.25, 0.3) is 5.91 Å². The Kier molecular flexibility index (Phi) is 7.23. The number of aromatic nitrogens is 1. The summed E-state index contributed by atoms with van der Waals surface area (Å²) in [5.74, 6) is -0.325. The van der Waals surface area contributed by atoms with E-state index in [0.29, 0.717) is 29.3 Å². The molecule has 0 aliphatic heterocycles. The molecule has 11 heteroatoms. The van der Waals surface area contributed by atoms with Crippen molar-refractivity contribution in [2.45, 2.75) is 25.6 Å². The number of hydrogen-bond acceptors (Lipinski definition) is 5. The molecule has 3 aromatic carbocycles. The van der Waals surface area contributed by atoms with Crippen molar-refractivity contribution in [3.05, 3.63) is 84.1 Å². The Balaban J connectivity index is 1.36. The van der Waals surface area contributed by atoms with Crippen LogP contribution in [0, 0.1) is 5.92 Å². The molecule has 0 unspecified atom stereocenters. The van der Waals surface area contributed by atoms with E-state index < -0.39 is 24.4 Å². The topological polar surface area (TPSA) is 72.5 Å². The first-order chi connectivity index (χ1) is 18.7. The molecule has 4 aromatic rings. The van der Waals surface area contributed by atoms with Gasteiger partial charge in [0.15, 0.2) is 11.5 Å². The summed E-state index contributed by atoms with van der Waals surface area (Å²) in [6.45, 7) is -2.72. The van der Waals surface area contributed by atoms with Gasteiger partial charge in [-0.3, -0.25) is 4.79 Å². The summed E-state index contributed by atoms with van der Waals surface area (Å²) in [5, 5.41) is 6.18. The van der Waals surface area contributed by atoms with Gasteiger partial charge in [-0.2, -0.15) is 22.0 Å². The number of nitrogens with one attached hydrogen (secondary N) is 2. The molecule has 202 valence electrons. The number of alkyl halides is 5. The van der Waals surface area contributed by atoms with Gasteiger partial charge in [0.05, 0.1) is 17.8 Å². The van der Waals surface area contributed by atoms with Gasteiger partial charge in [0.1, 0.15) is 5.69 Å². The number of benzene rings is 3. The van der Waals surface area contributed by atoms with Crippen molar-refractivity contribution in [1.82, 2.24) is 4.98 Å². The second-order valence-corrected chi connectivity index (χ2v) is 9.02. The van der Waals surface area contributed by atoms with Gasteiger partial charge in [-0.1, -0.05) is 24.3 Å². The Hall–Kier alpha value is -4.41. The molecule has 0 bridgehead atoms. The van der Waals surface area contributed by atoms with E-state index in [4.69, 9.17) is 4.74 Å². The van der Waals surface area contributed by atoms with Gasteiger partial charge < -0.3 is 20.1 Å². The van der Waals surface area contributed by atoms with E-state index in [1.54, 1.807) is 42.5 Å². The molecule has 1 aromatic heterocycles. The highest BCUT2D eigenvalue weighted by Gasteiger charge is 2.33. The average molecular weight is 543 g/mol. The number of amides is 1. The van der Waals surface area contributed by atoms with E-state index in [9.17, 15) is 26.7 Å². The lowest BCUT2D eigenvalue weighted by atomic mass is 10.1. The normalized spacial score (nSPS) is 13.4. The first-order valence-electron chi connectivity index (χ1n) is 12.0. The standard InChI is InChI=1S/C28H22F5N3O3/c29-27(30)39-23-11-10-17(12-24(23)38-15-16-8-9-16)26(37)35-19-5-3-4-18(13-19)34-22-14-25(28(31,32)33)36-21-7-2-1-6-20(21)22/h1-7,10-14,16,27H,8-9,15H2,(H,34,36)(H,35,37). The summed E-state index contributed by atoms with van der Waals surface area (Å²) in [6, 6.07) is 17.7. The van der Waals surface area contributed by atoms with Crippen molar-refractivity contribution in [2.24, 2.45) is 5.92 Å². The van der Waals surface area contributed by atoms with Crippen molar-refractivity contribution in [3.63, 3.8) is 0 Å². The monoisotopic (exact) mass is 543 g/mol. The summed E-state index contributed by atoms with van der Waals surface area (Å²) in [7, 11) is 0. The third-order valence-corrected chi connectivity index (χ3v) is 6.00. The fourth-order valence-corrected chi connectivity index (χ4v) is 3.91. The van der Waals surface area contributed by atoms with E-state index in [1.165, 1.54) is 24.3 Å². The van der Waals surface area contributed by atoms with E-state index in [1.807, 2.05) is 0 Å². The highest BCUT2D eigenvalue weighted by molar-refractivity contribution is 6.05. The van der Waals surface area contributed by atoms with Gasteiger partial charge in [0, 0.05) is 22.3 Å². The summed E-state index contributed by atoms with van der Waals surface area (Å²) in [4.78, 5) is 16.7. The van der Waals surface area contributed by atoms with Crippen LogP contribution in [-0.4, -0.2) is 24.1 Å². The van der Waals surface area contributed by atoms with Crippen LogP contribution in [0.3, 0.4) is 0 Å². The smallest absolute Gasteiger partial charge is 0.433 e. The molecule has 1 aliphatic rings. The number of para-hydroxylation sites is 1. The highest BCUT2D eigenvalue weighted by atomic mass is 19.4. The Labute approximate surface area is 219 Å². The fraction of sp³-hybridized carbons (Fsp3) is 0.214. The minimum Gasteiger partial charge on any atom is -0.489 e. The van der Waals surface area contributed by atoms with Crippen LogP contribution in [0.5, 0.6) is 11.5 Å². The van der Waals surface area contributed by atoms with E-state index in [-0.39, 0.29) is 28.3 Å². The van der Waals surface area contributed by atoms with Gasteiger partial charge in [-0.05, 0) is 67.3 Å². The lowest BCUT2D eigenvalue weighted by Gasteiger charge is -2.15. The highest BCUT2D eigenvalue weighted by Crippen LogP contribution is 2.36. The zero-order valence-electron chi connectivity index (χ0n) is 20.3. The molecule has 1 saturated carbocycles. The maximum atomic E-state index is 13.4. The van der Waals surface area contributed by atoms with Crippen LogP contribution in [-0.2, 0) is 6.18 Å². The Morgan fingerprint density at radius 3 is 2.46 bits per heavy atom. The lowest BCUT2D eigenvalue weighted by Crippen LogP contribution is -2.13. The molecule has 0 radical (unpaired) electrons. The van der Waals surface area contributed by atoms with Crippen LogP contribution in [0.2, 0.25) is 0 Å². The minimum atomic E-state index is -4.63. The second-order valence-electron chi connectivity index (χ2n) is 9.02. The number of fused-ring (bicyclic) bond motifs is 1. The first kappa shape index (κ1) is 26.2. The molecule has 1 heterocycles. The van der Waals surface area contributed by atoms with E-state index in [0.717, 1.165) is 18.9 Å². The third-order valence-electron chi connectivity index (χ3n) is 6.00. The summed E-state index contributed by atoms with van der Waals surface area (Å²) in [5.41, 5.74) is 0.267. The molecule has 1 amide bonds. The molecular weight excluding hydrogens is 521 g/mol. The van der Waals surface area contributed by atoms with Gasteiger partial charge in [-0.15, -0.1) is 0 Å². The SMILES string of the molecule is O=C(Nc1cccc(Nc2cc(C(F)(F)F)nc3ccccc23)c1)c1ccc(OC(F)F)c(OCC2CC2)c1. The molecule has 0 atom stereocenters. The molecule has 1 aliphatic carbocycles. The molecule has 39 heavy (non-hydrogen) atoms. The number of rotatable bonds is 9. The van der Waals surface area contributed by atoms with Crippen LogP contribution in [0.4, 0.5) is 39.0 Å². The molecule has 0 saturated heterocycles. The average Bonchev–Trinajstić information content (AvgIpc) is 3.72. The molecule has 0 spiro atoms. The van der Waals surface area contributed by atoms with E-state index >= 15 is 0 Å². The predicted octanol–water partition coefficient (Wildman–Crippen LogP) is 7.64. The number of hydrogen-bond donors (Lipinski definition) is 2. The molecule has 5 rings (SSSR count). The zero-order chi connectivity index (χ0) is 27.6. The number of carbonyl (C=O) groups excluding carboxylic acids is 1. The van der Waals surface area contributed by atoms with E-state index in [2.05, 4.69) is 20.4 Å². The number of ether oxygens (including phenoxy) is 2. The minimum absolute atomic E-state index is 0.0373. The summed E-state index contributed by atoms with van der Waals surface area (Å²) < 4.78 is 76.0. The number of halogens is 5.